The number of imidazole rings is 1. The first-order chi connectivity index (χ1) is 13.0. The van der Waals surface area contributed by atoms with Crippen molar-refractivity contribution in [3.8, 4) is 11.1 Å². The number of hydrogen-bond acceptors (Lipinski definition) is 4. The Labute approximate surface area is 162 Å². The Morgan fingerprint density at radius 2 is 1.85 bits per heavy atom. The Morgan fingerprint density at radius 1 is 1.15 bits per heavy atom. The maximum absolute atomic E-state index is 11.4. The van der Waals surface area contributed by atoms with Crippen molar-refractivity contribution in [1.29, 1.82) is 0 Å². The second-order valence-corrected chi connectivity index (χ2v) is 7.39. The number of aromatic nitrogens is 2. The largest absolute Gasteiger partial charge is 0.478 e. The van der Waals surface area contributed by atoms with Crippen LogP contribution in [-0.4, -0.2) is 31.5 Å². The summed E-state index contributed by atoms with van der Waals surface area (Å²) in [6.45, 7) is 4.60. The van der Waals surface area contributed by atoms with Gasteiger partial charge in [0.05, 0.1) is 17.9 Å². The van der Waals surface area contributed by atoms with Gasteiger partial charge in [-0.15, -0.1) is 11.8 Å². The standard InChI is InChI=1S/C21H22N2O3S/c1-3-27-20-19(13-24)22-14(2)23(20)12-15-8-10-16(11-9-15)17-6-4-5-7-18(17)21(25)26/h4-11,24H,3,12-13H2,1-2H3,(H,25,26). The van der Waals surface area contributed by atoms with Crippen molar-refractivity contribution in [3.05, 3.63) is 71.2 Å². The molecule has 0 radical (unpaired) electrons. The third-order valence-corrected chi connectivity index (χ3v) is 5.39. The van der Waals surface area contributed by atoms with Gasteiger partial charge < -0.3 is 14.8 Å². The van der Waals surface area contributed by atoms with Gasteiger partial charge in [-0.05, 0) is 35.4 Å². The van der Waals surface area contributed by atoms with Gasteiger partial charge >= 0.3 is 5.97 Å². The summed E-state index contributed by atoms with van der Waals surface area (Å²) in [5.74, 6) is 0.847. The van der Waals surface area contributed by atoms with Gasteiger partial charge in [-0.1, -0.05) is 49.4 Å². The third kappa shape index (κ3) is 4.07. The van der Waals surface area contributed by atoms with Crippen LogP contribution in [-0.2, 0) is 13.2 Å². The lowest BCUT2D eigenvalue weighted by molar-refractivity contribution is 0.0697. The lowest BCUT2D eigenvalue weighted by Crippen LogP contribution is -2.04. The van der Waals surface area contributed by atoms with Crippen molar-refractivity contribution in [3.63, 3.8) is 0 Å². The molecule has 0 saturated carbocycles. The number of hydrogen-bond donors (Lipinski definition) is 2. The van der Waals surface area contributed by atoms with Crippen LogP contribution in [0.4, 0.5) is 0 Å². The summed E-state index contributed by atoms with van der Waals surface area (Å²) in [6.07, 6.45) is 0. The highest BCUT2D eigenvalue weighted by atomic mass is 32.2. The topological polar surface area (TPSA) is 75.4 Å². The minimum absolute atomic E-state index is 0.0684. The molecule has 5 nitrogen and oxygen atoms in total. The molecule has 27 heavy (non-hydrogen) atoms. The smallest absolute Gasteiger partial charge is 0.336 e. The first-order valence-electron chi connectivity index (χ1n) is 8.76. The molecule has 0 aliphatic heterocycles. The molecule has 0 fully saturated rings. The van der Waals surface area contributed by atoms with Crippen molar-refractivity contribution >= 4 is 17.7 Å². The van der Waals surface area contributed by atoms with Crippen LogP contribution in [0.25, 0.3) is 11.1 Å². The van der Waals surface area contributed by atoms with Gasteiger partial charge in [-0.2, -0.15) is 0 Å². The summed E-state index contributed by atoms with van der Waals surface area (Å²) in [7, 11) is 0. The zero-order valence-corrected chi connectivity index (χ0v) is 16.2. The Morgan fingerprint density at radius 3 is 2.48 bits per heavy atom. The van der Waals surface area contributed by atoms with Crippen LogP contribution in [0, 0.1) is 6.92 Å². The van der Waals surface area contributed by atoms with Gasteiger partial charge in [-0.25, -0.2) is 9.78 Å². The molecular formula is C21H22N2O3S. The van der Waals surface area contributed by atoms with Crippen molar-refractivity contribution in [2.75, 3.05) is 5.75 Å². The van der Waals surface area contributed by atoms with Gasteiger partial charge in [0.25, 0.3) is 0 Å². The van der Waals surface area contributed by atoms with Crippen LogP contribution in [0.5, 0.6) is 0 Å². The van der Waals surface area contributed by atoms with E-state index in [0.29, 0.717) is 23.4 Å². The number of thioether (sulfide) groups is 1. The lowest BCUT2D eigenvalue weighted by Gasteiger charge is -2.12. The normalized spacial score (nSPS) is 10.9. The molecule has 0 unspecified atom stereocenters. The van der Waals surface area contributed by atoms with Crippen molar-refractivity contribution in [2.24, 2.45) is 0 Å². The number of aromatic carboxylic acids is 1. The van der Waals surface area contributed by atoms with Crippen LogP contribution >= 0.6 is 11.8 Å². The van der Waals surface area contributed by atoms with E-state index >= 15 is 0 Å². The molecule has 0 amide bonds. The molecule has 0 atom stereocenters. The summed E-state index contributed by atoms with van der Waals surface area (Å²) >= 11 is 1.67. The average Bonchev–Trinajstić information content (AvgIpc) is 2.98. The number of aliphatic hydroxyl groups is 1. The number of carboxylic acids is 1. The fourth-order valence-electron chi connectivity index (χ4n) is 3.09. The molecular weight excluding hydrogens is 360 g/mol. The summed E-state index contributed by atoms with van der Waals surface area (Å²) in [6, 6.07) is 14.9. The van der Waals surface area contributed by atoms with E-state index in [1.807, 2.05) is 43.3 Å². The number of nitrogens with zero attached hydrogens (tertiary/aromatic N) is 2. The van der Waals surface area contributed by atoms with E-state index in [1.165, 1.54) is 0 Å². The number of aliphatic hydroxyl groups excluding tert-OH is 1. The molecule has 2 N–H and O–H groups in total. The molecule has 140 valence electrons. The Kier molecular flexibility index (Phi) is 5.98. The summed E-state index contributed by atoms with van der Waals surface area (Å²) in [5, 5.41) is 19.9. The van der Waals surface area contributed by atoms with Crippen molar-refractivity contribution < 1.29 is 15.0 Å². The molecule has 0 aliphatic rings. The van der Waals surface area contributed by atoms with Gasteiger partial charge in [0.1, 0.15) is 10.9 Å². The molecule has 0 saturated heterocycles. The van der Waals surface area contributed by atoms with E-state index in [2.05, 4.69) is 16.5 Å². The summed E-state index contributed by atoms with van der Waals surface area (Å²) in [5.41, 5.74) is 3.68. The molecule has 1 heterocycles. The molecule has 2 aromatic carbocycles. The minimum atomic E-state index is -0.929. The van der Waals surface area contributed by atoms with Crippen molar-refractivity contribution in [1.82, 2.24) is 9.55 Å². The van der Waals surface area contributed by atoms with E-state index in [9.17, 15) is 15.0 Å². The molecule has 1 aromatic heterocycles. The first kappa shape index (κ1) is 19.2. The predicted octanol–water partition coefficient (Wildman–Crippen LogP) is 4.21. The fraction of sp³-hybridized carbons (Fsp3) is 0.238. The molecule has 3 aromatic rings. The van der Waals surface area contributed by atoms with Crippen LogP contribution in [0.15, 0.2) is 53.6 Å². The third-order valence-electron chi connectivity index (χ3n) is 4.37. The number of carbonyl (C=O) groups is 1. The highest BCUT2D eigenvalue weighted by Crippen LogP contribution is 2.27. The SMILES string of the molecule is CCSc1c(CO)nc(C)n1Cc1ccc(-c2ccccc2C(=O)O)cc1. The molecule has 6 heteroatoms. The van der Waals surface area contributed by atoms with Crippen LogP contribution in [0.2, 0.25) is 0 Å². The quantitative estimate of drug-likeness (QED) is 0.599. The summed E-state index contributed by atoms with van der Waals surface area (Å²) < 4.78 is 2.11. The first-order valence-corrected chi connectivity index (χ1v) is 9.75. The Balaban J connectivity index is 1.90. The second-order valence-electron chi connectivity index (χ2n) is 6.14. The second kappa shape index (κ2) is 8.41. The predicted molar refractivity (Wildman–Crippen MR) is 107 cm³/mol. The van der Waals surface area contributed by atoms with E-state index in [-0.39, 0.29) is 6.61 Å². The van der Waals surface area contributed by atoms with Crippen LogP contribution in [0.1, 0.15) is 34.4 Å². The highest BCUT2D eigenvalue weighted by molar-refractivity contribution is 7.99. The monoisotopic (exact) mass is 382 g/mol. The number of rotatable bonds is 7. The van der Waals surface area contributed by atoms with Crippen LogP contribution < -0.4 is 0 Å². The van der Waals surface area contributed by atoms with Gasteiger partial charge in [0.2, 0.25) is 0 Å². The molecule has 0 aliphatic carbocycles. The van der Waals surface area contributed by atoms with Crippen molar-refractivity contribution in [2.45, 2.75) is 32.0 Å². The van der Waals surface area contributed by atoms with Crippen LogP contribution in [0.3, 0.4) is 0 Å². The van der Waals surface area contributed by atoms with E-state index in [4.69, 9.17) is 0 Å². The molecule has 3 rings (SSSR count). The summed E-state index contributed by atoms with van der Waals surface area (Å²) in [4.78, 5) is 15.9. The zero-order valence-electron chi connectivity index (χ0n) is 15.3. The molecule has 0 spiro atoms. The van der Waals surface area contributed by atoms with E-state index in [1.54, 1.807) is 23.9 Å². The maximum Gasteiger partial charge on any atom is 0.336 e. The fourth-order valence-corrected chi connectivity index (χ4v) is 3.99. The van der Waals surface area contributed by atoms with Gasteiger partial charge in [-0.3, -0.25) is 0 Å². The maximum atomic E-state index is 11.4. The van der Waals surface area contributed by atoms with Gasteiger partial charge in [0.15, 0.2) is 0 Å². The number of aryl methyl sites for hydroxylation is 1. The minimum Gasteiger partial charge on any atom is -0.478 e. The molecule has 0 bridgehead atoms. The Bertz CT molecular complexity index is 949. The number of benzene rings is 2. The number of carboxylic acid groups (broad SMARTS) is 1. The lowest BCUT2D eigenvalue weighted by atomic mass is 9.99. The van der Waals surface area contributed by atoms with E-state index < -0.39 is 5.97 Å². The average molecular weight is 382 g/mol. The Hall–Kier alpha value is -2.57. The highest BCUT2D eigenvalue weighted by Gasteiger charge is 2.15. The van der Waals surface area contributed by atoms with E-state index in [0.717, 1.165) is 27.7 Å². The zero-order chi connectivity index (χ0) is 19.4. The van der Waals surface area contributed by atoms with Gasteiger partial charge in [0, 0.05) is 6.54 Å².